The number of nitrogens with zero attached hydrogens (tertiary/aromatic N) is 1. The highest BCUT2D eigenvalue weighted by Gasteiger charge is 1.73. The van der Waals surface area contributed by atoms with Crippen molar-refractivity contribution in [2.75, 3.05) is 6.67 Å². The topological polar surface area (TPSA) is 61.7 Å². The zero-order valence-corrected chi connectivity index (χ0v) is 5.74. The number of rotatable bonds is 0. The Morgan fingerprint density at radius 3 is 2.50 bits per heavy atom. The van der Waals surface area contributed by atoms with Crippen LogP contribution < -0.4 is 5.32 Å². The summed E-state index contributed by atoms with van der Waals surface area (Å²) in [6.07, 6.45) is 5.51. The summed E-state index contributed by atoms with van der Waals surface area (Å²) in [5.74, 6) is -0.833. The van der Waals surface area contributed by atoms with E-state index in [-0.39, 0.29) is 0 Å². The van der Waals surface area contributed by atoms with Crippen molar-refractivity contribution in [2.24, 2.45) is 4.99 Å². The van der Waals surface area contributed by atoms with E-state index >= 15 is 0 Å². The van der Waals surface area contributed by atoms with Gasteiger partial charge in [-0.05, 0) is 12.3 Å². The third kappa shape index (κ3) is 9.84. The predicted octanol–water partition coefficient (Wildman–Crippen LogP) is 0.223. The lowest BCUT2D eigenvalue weighted by Gasteiger charge is -1.94. The zero-order chi connectivity index (χ0) is 7.82. The van der Waals surface area contributed by atoms with E-state index in [1.165, 1.54) is 0 Å². The summed E-state index contributed by atoms with van der Waals surface area (Å²) < 4.78 is 0. The van der Waals surface area contributed by atoms with E-state index < -0.39 is 5.97 Å². The van der Waals surface area contributed by atoms with Gasteiger partial charge in [0.2, 0.25) is 0 Å². The minimum Gasteiger partial charge on any atom is -0.481 e. The van der Waals surface area contributed by atoms with Gasteiger partial charge in [0.25, 0.3) is 5.97 Å². The van der Waals surface area contributed by atoms with Gasteiger partial charge in [0.15, 0.2) is 0 Å². The molecule has 0 spiro atoms. The average Bonchev–Trinajstić information content (AvgIpc) is 1.90. The van der Waals surface area contributed by atoms with E-state index in [4.69, 9.17) is 9.90 Å². The number of aliphatic imine (C=N–C) groups is 1. The van der Waals surface area contributed by atoms with Crippen molar-refractivity contribution >= 4 is 12.2 Å². The molecule has 0 aromatic rings. The highest BCUT2D eigenvalue weighted by atomic mass is 16.4. The molecule has 1 rings (SSSR count). The fourth-order valence-electron chi connectivity index (χ4n) is 0.330. The molecule has 0 aliphatic carbocycles. The number of hydrogen-bond acceptors (Lipinski definition) is 3. The van der Waals surface area contributed by atoms with Gasteiger partial charge in [0, 0.05) is 13.1 Å². The molecular weight excluding hydrogens is 132 g/mol. The van der Waals surface area contributed by atoms with Gasteiger partial charge in [-0.2, -0.15) is 0 Å². The molecule has 1 aliphatic heterocycles. The Balaban J connectivity index is 0.000000180. The molecule has 10 heavy (non-hydrogen) atoms. The number of hydrogen-bond donors (Lipinski definition) is 2. The Kier molecular flexibility index (Phi) is 5.04. The molecular formula is C6H10N2O2. The monoisotopic (exact) mass is 142 g/mol. The predicted molar refractivity (Wildman–Crippen MR) is 38.9 cm³/mol. The van der Waals surface area contributed by atoms with Crippen LogP contribution in [0.25, 0.3) is 0 Å². The Morgan fingerprint density at radius 2 is 2.40 bits per heavy atom. The molecule has 0 saturated carbocycles. The molecule has 0 saturated heterocycles. The van der Waals surface area contributed by atoms with Gasteiger partial charge < -0.3 is 10.4 Å². The van der Waals surface area contributed by atoms with E-state index in [0.717, 1.165) is 13.6 Å². The molecule has 0 fully saturated rings. The quantitative estimate of drug-likeness (QED) is 0.508. The maximum Gasteiger partial charge on any atom is 0.300 e. The van der Waals surface area contributed by atoms with Crippen LogP contribution in [0, 0.1) is 0 Å². The minimum atomic E-state index is -0.833. The first-order valence-corrected chi connectivity index (χ1v) is 2.81. The maximum absolute atomic E-state index is 9.00. The summed E-state index contributed by atoms with van der Waals surface area (Å²) in [4.78, 5) is 12.9. The molecule has 0 radical (unpaired) electrons. The molecule has 4 nitrogen and oxygen atoms in total. The second-order valence-corrected chi connectivity index (χ2v) is 1.57. The van der Waals surface area contributed by atoms with Crippen molar-refractivity contribution in [3.8, 4) is 0 Å². The number of allylic oxidation sites excluding steroid dienone is 1. The Bertz CT molecular complexity index is 136. The number of aliphatic carboxylic acids is 1. The van der Waals surface area contributed by atoms with Crippen LogP contribution in [0.15, 0.2) is 17.3 Å². The summed E-state index contributed by atoms with van der Waals surface area (Å²) in [6.45, 7) is 1.82. The molecule has 0 bridgehead atoms. The SMILES string of the molecule is C1=CNCN=C1.CC(=O)O. The second kappa shape index (κ2) is 5.81. The van der Waals surface area contributed by atoms with Crippen LogP contribution in [0.2, 0.25) is 0 Å². The van der Waals surface area contributed by atoms with Gasteiger partial charge in [-0.25, -0.2) is 0 Å². The Hall–Kier alpha value is -1.32. The molecule has 0 amide bonds. The van der Waals surface area contributed by atoms with Gasteiger partial charge in [0.05, 0.1) is 0 Å². The summed E-state index contributed by atoms with van der Waals surface area (Å²) in [6, 6.07) is 0. The highest BCUT2D eigenvalue weighted by molar-refractivity contribution is 5.71. The minimum absolute atomic E-state index is 0.733. The normalized spacial score (nSPS) is 12.9. The van der Waals surface area contributed by atoms with Gasteiger partial charge in [0.1, 0.15) is 6.67 Å². The van der Waals surface area contributed by atoms with Crippen LogP contribution in [-0.2, 0) is 4.79 Å². The number of nitrogens with one attached hydrogen (secondary N) is 1. The lowest BCUT2D eigenvalue weighted by Crippen LogP contribution is -2.06. The van der Waals surface area contributed by atoms with Crippen molar-refractivity contribution in [1.82, 2.24) is 5.32 Å². The van der Waals surface area contributed by atoms with Crippen LogP contribution in [0.1, 0.15) is 6.92 Å². The second-order valence-electron chi connectivity index (χ2n) is 1.57. The van der Waals surface area contributed by atoms with Crippen molar-refractivity contribution < 1.29 is 9.90 Å². The smallest absolute Gasteiger partial charge is 0.300 e. The molecule has 0 aromatic carbocycles. The van der Waals surface area contributed by atoms with Crippen LogP contribution in [0.3, 0.4) is 0 Å². The molecule has 0 aromatic heterocycles. The van der Waals surface area contributed by atoms with E-state index in [9.17, 15) is 0 Å². The maximum atomic E-state index is 9.00. The van der Waals surface area contributed by atoms with Crippen LogP contribution in [-0.4, -0.2) is 24.0 Å². The molecule has 0 atom stereocenters. The van der Waals surface area contributed by atoms with E-state index in [2.05, 4.69) is 10.3 Å². The van der Waals surface area contributed by atoms with Gasteiger partial charge in [-0.1, -0.05) is 0 Å². The largest absolute Gasteiger partial charge is 0.481 e. The van der Waals surface area contributed by atoms with Gasteiger partial charge in [-0.15, -0.1) is 0 Å². The van der Waals surface area contributed by atoms with E-state index in [1.807, 2.05) is 12.3 Å². The Labute approximate surface area is 59.3 Å². The van der Waals surface area contributed by atoms with Crippen LogP contribution in [0.4, 0.5) is 0 Å². The lowest BCUT2D eigenvalue weighted by molar-refractivity contribution is -0.134. The van der Waals surface area contributed by atoms with Crippen LogP contribution >= 0.6 is 0 Å². The summed E-state index contributed by atoms with van der Waals surface area (Å²) in [7, 11) is 0. The fraction of sp³-hybridized carbons (Fsp3) is 0.333. The molecule has 2 N–H and O–H groups in total. The summed E-state index contributed by atoms with van der Waals surface area (Å²) in [5.41, 5.74) is 0. The van der Waals surface area contributed by atoms with Gasteiger partial charge in [-0.3, -0.25) is 9.79 Å². The van der Waals surface area contributed by atoms with E-state index in [0.29, 0.717) is 0 Å². The highest BCUT2D eigenvalue weighted by Crippen LogP contribution is 1.71. The standard InChI is InChI=1S/C4H6N2.C2H4O2/c1-2-5-4-6-3-1;1-2(3)4/h1-3,5H,4H2;1H3,(H,3,4). The average molecular weight is 142 g/mol. The molecule has 0 unspecified atom stereocenters. The molecule has 4 heteroatoms. The van der Waals surface area contributed by atoms with Crippen molar-refractivity contribution in [2.45, 2.75) is 6.92 Å². The zero-order valence-electron chi connectivity index (χ0n) is 5.74. The summed E-state index contributed by atoms with van der Waals surface area (Å²) >= 11 is 0. The fourth-order valence-corrected chi connectivity index (χ4v) is 0.330. The number of carbonyl (C=O) groups is 1. The molecule has 1 heterocycles. The van der Waals surface area contributed by atoms with E-state index in [1.54, 1.807) is 6.21 Å². The number of carboxylic acid groups (broad SMARTS) is 1. The first-order valence-electron chi connectivity index (χ1n) is 2.81. The summed E-state index contributed by atoms with van der Waals surface area (Å²) in [5, 5.41) is 10.3. The third-order valence-corrected chi connectivity index (χ3v) is 0.588. The molecule has 1 aliphatic rings. The first kappa shape index (κ1) is 8.68. The number of carboxylic acids is 1. The lowest BCUT2D eigenvalue weighted by atomic mass is 10.6. The van der Waals surface area contributed by atoms with Crippen molar-refractivity contribution in [3.05, 3.63) is 12.3 Å². The third-order valence-electron chi connectivity index (χ3n) is 0.588. The van der Waals surface area contributed by atoms with Crippen molar-refractivity contribution in [1.29, 1.82) is 0 Å². The molecule has 56 valence electrons. The van der Waals surface area contributed by atoms with Crippen molar-refractivity contribution in [3.63, 3.8) is 0 Å². The Morgan fingerprint density at radius 1 is 1.80 bits per heavy atom. The van der Waals surface area contributed by atoms with Crippen LogP contribution in [0.5, 0.6) is 0 Å². The van der Waals surface area contributed by atoms with Gasteiger partial charge >= 0.3 is 0 Å². The first-order chi connectivity index (χ1) is 4.73.